The Balaban J connectivity index is 1.71. The zero-order chi connectivity index (χ0) is 23.3. The van der Waals surface area contributed by atoms with Gasteiger partial charge in [0.15, 0.2) is 0 Å². The average molecular weight is 441 g/mol. The Kier molecular flexibility index (Phi) is 7.56. The molecule has 1 aromatic carbocycles. The van der Waals surface area contributed by atoms with Crippen LogP contribution in [0.3, 0.4) is 0 Å². The molecule has 1 saturated heterocycles. The highest BCUT2D eigenvalue weighted by Gasteiger charge is 2.29. The van der Waals surface area contributed by atoms with Crippen LogP contribution >= 0.6 is 0 Å². The van der Waals surface area contributed by atoms with Crippen LogP contribution < -0.4 is 20.7 Å². The van der Waals surface area contributed by atoms with Crippen LogP contribution in [0.5, 0.6) is 5.75 Å². The van der Waals surface area contributed by atoms with E-state index >= 15 is 0 Å². The van der Waals surface area contributed by atoms with Crippen molar-refractivity contribution in [3.05, 3.63) is 42.6 Å². The molecule has 2 aromatic rings. The first-order valence-corrected chi connectivity index (χ1v) is 11.0. The number of aromatic nitrogens is 1. The van der Waals surface area contributed by atoms with Gasteiger partial charge in [0, 0.05) is 29.4 Å². The van der Waals surface area contributed by atoms with Crippen molar-refractivity contribution >= 4 is 28.6 Å². The summed E-state index contributed by atoms with van der Waals surface area (Å²) in [7, 11) is 1.58. The van der Waals surface area contributed by atoms with E-state index in [2.05, 4.69) is 27.5 Å². The molecule has 1 aliphatic rings. The molecule has 3 unspecified atom stereocenters. The minimum atomic E-state index is -0.712. The zero-order valence-corrected chi connectivity index (χ0v) is 18.9. The first-order valence-electron chi connectivity index (χ1n) is 11.0. The Bertz CT molecular complexity index is 997. The number of ether oxygens (including phenoxy) is 1. The lowest BCUT2D eigenvalue weighted by Gasteiger charge is -2.24. The lowest BCUT2D eigenvalue weighted by atomic mass is 9.97. The fourth-order valence-corrected chi connectivity index (χ4v) is 4.04. The van der Waals surface area contributed by atoms with E-state index in [0.717, 1.165) is 17.3 Å². The molecular formula is C24H32N4O4. The fraction of sp³-hybridized carbons (Fsp3) is 0.458. The van der Waals surface area contributed by atoms with Crippen LogP contribution in [0.2, 0.25) is 0 Å². The summed E-state index contributed by atoms with van der Waals surface area (Å²) in [5, 5.41) is 9.40. The highest BCUT2D eigenvalue weighted by molar-refractivity contribution is 6.01. The molecule has 172 valence electrons. The summed E-state index contributed by atoms with van der Waals surface area (Å²) in [5.41, 5.74) is 1.13. The van der Waals surface area contributed by atoms with Crippen LogP contribution in [0.25, 0.3) is 10.9 Å². The Hall–Kier alpha value is -3.29. The number of hydrogen-bond donors (Lipinski definition) is 4. The Labute approximate surface area is 188 Å². The maximum atomic E-state index is 13.0. The molecule has 0 saturated carbocycles. The summed E-state index contributed by atoms with van der Waals surface area (Å²) in [6.07, 6.45) is 3.36. The van der Waals surface area contributed by atoms with Crippen LogP contribution in [0.4, 0.5) is 0 Å². The van der Waals surface area contributed by atoms with Crippen molar-refractivity contribution in [2.75, 3.05) is 13.7 Å². The van der Waals surface area contributed by atoms with Gasteiger partial charge < -0.3 is 25.7 Å². The van der Waals surface area contributed by atoms with E-state index in [9.17, 15) is 14.4 Å². The highest BCUT2D eigenvalue weighted by Crippen LogP contribution is 2.26. The van der Waals surface area contributed by atoms with Gasteiger partial charge >= 0.3 is 0 Å². The van der Waals surface area contributed by atoms with Crippen LogP contribution in [0.15, 0.2) is 36.9 Å². The number of rotatable bonds is 10. The van der Waals surface area contributed by atoms with Crippen LogP contribution in [-0.2, 0) is 9.59 Å². The number of fused-ring (bicyclic) bond motifs is 1. The average Bonchev–Trinajstić information content (AvgIpc) is 3.38. The number of carbonyl (C=O) groups is 3. The minimum Gasteiger partial charge on any atom is -0.496 e. The van der Waals surface area contributed by atoms with Gasteiger partial charge in [-0.2, -0.15) is 0 Å². The second-order valence-corrected chi connectivity index (χ2v) is 8.62. The number of aromatic amines is 1. The third kappa shape index (κ3) is 5.49. The van der Waals surface area contributed by atoms with E-state index in [1.807, 2.05) is 32.0 Å². The summed E-state index contributed by atoms with van der Waals surface area (Å²) in [4.78, 5) is 41.0. The Morgan fingerprint density at radius 3 is 2.72 bits per heavy atom. The van der Waals surface area contributed by atoms with Gasteiger partial charge in [0.05, 0.1) is 7.11 Å². The number of nitrogens with one attached hydrogen (secondary N) is 4. The maximum Gasteiger partial charge on any atom is 0.268 e. The molecule has 1 fully saturated rings. The molecule has 4 N–H and O–H groups in total. The van der Waals surface area contributed by atoms with E-state index in [1.165, 1.54) is 0 Å². The maximum absolute atomic E-state index is 13.0. The van der Waals surface area contributed by atoms with Crippen LogP contribution in [-0.4, -0.2) is 48.4 Å². The molecule has 0 radical (unpaired) electrons. The lowest BCUT2D eigenvalue weighted by Crippen LogP contribution is -2.50. The Morgan fingerprint density at radius 2 is 2.09 bits per heavy atom. The summed E-state index contributed by atoms with van der Waals surface area (Å²) in [6, 6.07) is 6.19. The van der Waals surface area contributed by atoms with Crippen molar-refractivity contribution in [1.82, 2.24) is 20.9 Å². The third-order valence-electron chi connectivity index (χ3n) is 5.73. The van der Waals surface area contributed by atoms with E-state index in [0.29, 0.717) is 30.8 Å². The summed E-state index contributed by atoms with van der Waals surface area (Å²) in [5.74, 6) is 0.0688. The van der Waals surface area contributed by atoms with E-state index in [1.54, 1.807) is 19.3 Å². The summed E-state index contributed by atoms with van der Waals surface area (Å²) in [6.45, 7) is 8.44. The summed E-state index contributed by atoms with van der Waals surface area (Å²) < 4.78 is 5.36. The minimum absolute atomic E-state index is 0.00683. The fourth-order valence-electron chi connectivity index (χ4n) is 4.04. The van der Waals surface area contributed by atoms with E-state index in [4.69, 9.17) is 4.74 Å². The first kappa shape index (κ1) is 23.4. The van der Waals surface area contributed by atoms with Gasteiger partial charge in [-0.1, -0.05) is 26.0 Å². The normalized spacial score (nSPS) is 17.6. The van der Waals surface area contributed by atoms with Crippen molar-refractivity contribution in [1.29, 1.82) is 0 Å². The first-order chi connectivity index (χ1) is 15.3. The van der Waals surface area contributed by atoms with Crippen molar-refractivity contribution < 1.29 is 19.1 Å². The lowest BCUT2D eigenvalue weighted by molar-refractivity contribution is -0.125. The molecule has 1 aromatic heterocycles. The quantitative estimate of drug-likeness (QED) is 0.425. The third-order valence-corrected chi connectivity index (χ3v) is 5.73. The molecule has 3 rings (SSSR count). The second kappa shape index (κ2) is 10.3. The van der Waals surface area contributed by atoms with Crippen molar-refractivity contribution in [2.24, 2.45) is 11.8 Å². The van der Waals surface area contributed by atoms with Gasteiger partial charge in [0.1, 0.15) is 17.5 Å². The van der Waals surface area contributed by atoms with Gasteiger partial charge in [-0.3, -0.25) is 14.4 Å². The molecule has 0 spiro atoms. The van der Waals surface area contributed by atoms with Crippen molar-refractivity contribution in [3.63, 3.8) is 0 Å². The molecule has 0 aliphatic carbocycles. The molecule has 8 heteroatoms. The number of methoxy groups -OCH3 is 1. The number of H-pyrrole nitrogens is 1. The van der Waals surface area contributed by atoms with Gasteiger partial charge in [0.2, 0.25) is 11.8 Å². The number of benzene rings is 1. The largest absolute Gasteiger partial charge is 0.496 e. The van der Waals surface area contributed by atoms with Gasteiger partial charge in [-0.05, 0) is 43.4 Å². The molecule has 2 heterocycles. The number of carbonyl (C=O) groups excluding carboxylic acids is 3. The monoisotopic (exact) mass is 440 g/mol. The SMILES string of the molecule is C=CC(CC1CCNC1=O)NC(=O)C(CC(C)C)NC(=O)c1cc2c(OC)cccc2[nH]1. The molecule has 3 amide bonds. The smallest absolute Gasteiger partial charge is 0.268 e. The van der Waals surface area contributed by atoms with Gasteiger partial charge in [0.25, 0.3) is 5.91 Å². The van der Waals surface area contributed by atoms with Gasteiger partial charge in [-0.15, -0.1) is 6.58 Å². The van der Waals surface area contributed by atoms with Gasteiger partial charge in [-0.25, -0.2) is 0 Å². The predicted molar refractivity (Wildman–Crippen MR) is 123 cm³/mol. The molecule has 1 aliphatic heterocycles. The highest BCUT2D eigenvalue weighted by atomic mass is 16.5. The molecule has 32 heavy (non-hydrogen) atoms. The van der Waals surface area contributed by atoms with Crippen LogP contribution in [0, 0.1) is 11.8 Å². The zero-order valence-electron chi connectivity index (χ0n) is 18.9. The molecule has 0 bridgehead atoms. The standard InChI is InChI=1S/C24H32N4O4/c1-5-16(12-15-9-10-25-22(15)29)26-23(30)19(11-14(2)3)28-24(31)20-13-17-18(27-20)7-6-8-21(17)32-4/h5-8,13-16,19,27H,1,9-12H2,2-4H3,(H,25,29)(H,26,30)(H,28,31). The van der Waals surface area contributed by atoms with E-state index in [-0.39, 0.29) is 35.6 Å². The predicted octanol–water partition coefficient (Wildman–Crippen LogP) is 2.52. The summed E-state index contributed by atoms with van der Waals surface area (Å²) >= 11 is 0. The van der Waals surface area contributed by atoms with Crippen molar-refractivity contribution in [3.8, 4) is 5.75 Å². The van der Waals surface area contributed by atoms with E-state index < -0.39 is 6.04 Å². The topological polar surface area (TPSA) is 112 Å². The molecule has 3 atom stereocenters. The van der Waals surface area contributed by atoms with Crippen LogP contribution in [0.1, 0.15) is 43.6 Å². The Morgan fingerprint density at radius 1 is 1.31 bits per heavy atom. The van der Waals surface area contributed by atoms with Crippen molar-refractivity contribution in [2.45, 2.75) is 45.2 Å². The number of hydrogen-bond acceptors (Lipinski definition) is 4. The molecule has 8 nitrogen and oxygen atoms in total. The molecular weight excluding hydrogens is 408 g/mol. The number of amides is 3. The second-order valence-electron chi connectivity index (χ2n) is 8.62.